The average Bonchev–Trinajstić information content (AvgIpc) is 3.16. The SMILES string of the molecule is CCCn1ncc(C(=O)NC2CCC(Sc3nccn3C)CC2)c1C. The molecule has 1 aliphatic rings. The lowest BCUT2D eigenvalue weighted by atomic mass is 9.95. The van der Waals surface area contributed by atoms with Crippen LogP contribution in [0.3, 0.4) is 0 Å². The van der Waals surface area contributed by atoms with E-state index in [2.05, 4.69) is 26.9 Å². The molecule has 6 nitrogen and oxygen atoms in total. The summed E-state index contributed by atoms with van der Waals surface area (Å²) in [5.41, 5.74) is 1.66. The zero-order chi connectivity index (χ0) is 17.8. The summed E-state index contributed by atoms with van der Waals surface area (Å²) >= 11 is 1.85. The molecule has 0 bridgehead atoms. The lowest BCUT2D eigenvalue weighted by molar-refractivity contribution is 0.0927. The Kier molecular flexibility index (Phi) is 5.83. The Morgan fingerprint density at radius 2 is 2.12 bits per heavy atom. The number of carbonyl (C=O) groups is 1. The number of hydrogen-bond acceptors (Lipinski definition) is 4. The van der Waals surface area contributed by atoms with E-state index in [0.29, 0.717) is 10.8 Å². The molecule has 0 aromatic carbocycles. The second kappa shape index (κ2) is 8.08. The number of aryl methyl sites for hydroxylation is 2. The highest BCUT2D eigenvalue weighted by molar-refractivity contribution is 7.99. The molecule has 3 rings (SSSR count). The molecule has 2 aromatic heterocycles. The minimum Gasteiger partial charge on any atom is -0.349 e. The van der Waals surface area contributed by atoms with Gasteiger partial charge in [-0.15, -0.1) is 0 Å². The van der Waals surface area contributed by atoms with E-state index in [1.165, 1.54) is 0 Å². The maximum atomic E-state index is 12.6. The summed E-state index contributed by atoms with van der Waals surface area (Å²) in [5, 5.41) is 9.19. The molecule has 1 saturated carbocycles. The minimum absolute atomic E-state index is 0.0139. The molecule has 0 saturated heterocycles. The van der Waals surface area contributed by atoms with Gasteiger partial charge in [0, 0.05) is 43.0 Å². The molecule has 136 valence electrons. The predicted octanol–water partition coefficient (Wildman–Crippen LogP) is 3.17. The van der Waals surface area contributed by atoms with E-state index in [4.69, 9.17) is 0 Å². The van der Waals surface area contributed by atoms with Crippen molar-refractivity contribution in [1.29, 1.82) is 0 Å². The van der Waals surface area contributed by atoms with E-state index in [1.54, 1.807) is 6.20 Å². The van der Waals surface area contributed by atoms with Crippen LogP contribution in [0.5, 0.6) is 0 Å². The van der Waals surface area contributed by atoms with Crippen LogP contribution in [0.2, 0.25) is 0 Å². The number of amides is 1. The Bertz CT molecular complexity index is 715. The van der Waals surface area contributed by atoms with Crippen molar-refractivity contribution in [2.45, 2.75) is 68.9 Å². The number of rotatable bonds is 6. The maximum absolute atomic E-state index is 12.6. The number of nitrogens with zero attached hydrogens (tertiary/aromatic N) is 4. The molecule has 1 N–H and O–H groups in total. The zero-order valence-corrected chi connectivity index (χ0v) is 16.1. The molecule has 1 aliphatic carbocycles. The standard InChI is InChI=1S/C18H27N5OS/c1-4-10-23-13(2)16(12-20-23)17(24)21-14-5-7-15(8-6-14)25-18-19-9-11-22(18)3/h9,11-12,14-15H,4-8,10H2,1-3H3,(H,21,24). The number of nitrogens with one attached hydrogen (secondary N) is 1. The van der Waals surface area contributed by atoms with Gasteiger partial charge in [-0.3, -0.25) is 9.48 Å². The Morgan fingerprint density at radius 1 is 1.36 bits per heavy atom. The molecular weight excluding hydrogens is 334 g/mol. The summed E-state index contributed by atoms with van der Waals surface area (Å²) in [6, 6.07) is 0.264. The van der Waals surface area contributed by atoms with Crippen LogP contribution in [0.1, 0.15) is 55.1 Å². The number of imidazole rings is 1. The van der Waals surface area contributed by atoms with E-state index in [1.807, 2.05) is 42.8 Å². The van der Waals surface area contributed by atoms with Crippen molar-refractivity contribution in [1.82, 2.24) is 24.6 Å². The Hall–Kier alpha value is -1.76. The molecular formula is C18H27N5OS. The van der Waals surface area contributed by atoms with Gasteiger partial charge in [-0.2, -0.15) is 5.10 Å². The summed E-state index contributed by atoms with van der Waals surface area (Å²) in [6.07, 6.45) is 10.8. The van der Waals surface area contributed by atoms with Gasteiger partial charge in [0.15, 0.2) is 5.16 Å². The van der Waals surface area contributed by atoms with Gasteiger partial charge in [0.2, 0.25) is 0 Å². The Morgan fingerprint density at radius 3 is 2.76 bits per heavy atom. The van der Waals surface area contributed by atoms with E-state index in [-0.39, 0.29) is 11.9 Å². The van der Waals surface area contributed by atoms with Crippen molar-refractivity contribution >= 4 is 17.7 Å². The predicted molar refractivity (Wildman–Crippen MR) is 99.8 cm³/mol. The van der Waals surface area contributed by atoms with Crippen LogP contribution in [0.25, 0.3) is 0 Å². The molecule has 0 atom stereocenters. The third-order valence-electron chi connectivity index (χ3n) is 4.84. The van der Waals surface area contributed by atoms with E-state index < -0.39 is 0 Å². The summed E-state index contributed by atoms with van der Waals surface area (Å²) < 4.78 is 3.98. The average molecular weight is 362 g/mol. The van der Waals surface area contributed by atoms with Gasteiger partial charge in [-0.05, 0) is 39.0 Å². The lowest BCUT2D eigenvalue weighted by Gasteiger charge is -2.28. The first-order valence-corrected chi connectivity index (χ1v) is 9.93. The van der Waals surface area contributed by atoms with E-state index in [0.717, 1.165) is 49.5 Å². The van der Waals surface area contributed by atoms with Crippen molar-refractivity contribution in [3.8, 4) is 0 Å². The number of carbonyl (C=O) groups excluding carboxylic acids is 1. The van der Waals surface area contributed by atoms with Crippen molar-refractivity contribution in [2.24, 2.45) is 7.05 Å². The molecule has 0 aliphatic heterocycles. The Labute approximate surface area is 153 Å². The van der Waals surface area contributed by atoms with Gasteiger partial charge >= 0.3 is 0 Å². The molecule has 0 spiro atoms. The second-order valence-corrected chi connectivity index (χ2v) is 8.02. The maximum Gasteiger partial charge on any atom is 0.254 e. The second-order valence-electron chi connectivity index (χ2n) is 6.75. The fraction of sp³-hybridized carbons (Fsp3) is 0.611. The fourth-order valence-electron chi connectivity index (χ4n) is 3.31. The third-order valence-corrected chi connectivity index (χ3v) is 6.25. The highest BCUT2D eigenvalue weighted by atomic mass is 32.2. The number of hydrogen-bond donors (Lipinski definition) is 1. The van der Waals surface area contributed by atoms with Gasteiger partial charge in [0.05, 0.1) is 11.8 Å². The summed E-state index contributed by atoms with van der Waals surface area (Å²) in [5.74, 6) is 0.0139. The molecule has 2 heterocycles. The summed E-state index contributed by atoms with van der Waals surface area (Å²) in [6.45, 7) is 4.94. The van der Waals surface area contributed by atoms with E-state index >= 15 is 0 Å². The van der Waals surface area contributed by atoms with Crippen LogP contribution in [0, 0.1) is 6.92 Å². The van der Waals surface area contributed by atoms with Gasteiger partial charge in [0.1, 0.15) is 0 Å². The third kappa shape index (κ3) is 4.26. The van der Waals surface area contributed by atoms with Crippen LogP contribution >= 0.6 is 11.8 Å². The number of aromatic nitrogens is 4. The smallest absolute Gasteiger partial charge is 0.254 e. The van der Waals surface area contributed by atoms with Gasteiger partial charge < -0.3 is 9.88 Å². The molecule has 2 aromatic rings. The van der Waals surface area contributed by atoms with Crippen LogP contribution < -0.4 is 5.32 Å². The van der Waals surface area contributed by atoms with Crippen molar-refractivity contribution < 1.29 is 4.79 Å². The highest BCUT2D eigenvalue weighted by Gasteiger charge is 2.25. The first-order chi connectivity index (χ1) is 12.1. The highest BCUT2D eigenvalue weighted by Crippen LogP contribution is 2.32. The van der Waals surface area contributed by atoms with Gasteiger partial charge in [-0.1, -0.05) is 18.7 Å². The van der Waals surface area contributed by atoms with Crippen LogP contribution in [-0.4, -0.2) is 36.5 Å². The Balaban J connectivity index is 1.50. The molecule has 1 fully saturated rings. The topological polar surface area (TPSA) is 64.7 Å². The minimum atomic E-state index is 0.0139. The molecule has 0 unspecified atom stereocenters. The normalized spacial score (nSPS) is 20.6. The van der Waals surface area contributed by atoms with Gasteiger partial charge in [0.25, 0.3) is 5.91 Å². The largest absolute Gasteiger partial charge is 0.349 e. The fourth-order valence-corrected chi connectivity index (χ4v) is 4.46. The molecule has 25 heavy (non-hydrogen) atoms. The summed E-state index contributed by atoms with van der Waals surface area (Å²) in [7, 11) is 2.03. The first kappa shape index (κ1) is 18.0. The zero-order valence-electron chi connectivity index (χ0n) is 15.2. The molecule has 7 heteroatoms. The van der Waals surface area contributed by atoms with Crippen LogP contribution in [-0.2, 0) is 13.6 Å². The number of thioether (sulfide) groups is 1. The van der Waals surface area contributed by atoms with Crippen LogP contribution in [0.15, 0.2) is 23.7 Å². The lowest BCUT2D eigenvalue weighted by Crippen LogP contribution is -2.38. The van der Waals surface area contributed by atoms with E-state index in [9.17, 15) is 4.79 Å². The quantitative estimate of drug-likeness (QED) is 0.858. The molecule has 0 radical (unpaired) electrons. The van der Waals surface area contributed by atoms with Crippen LogP contribution in [0.4, 0.5) is 0 Å². The van der Waals surface area contributed by atoms with Crippen molar-refractivity contribution in [2.75, 3.05) is 0 Å². The monoisotopic (exact) mass is 361 g/mol. The first-order valence-electron chi connectivity index (χ1n) is 9.05. The van der Waals surface area contributed by atoms with Crippen molar-refractivity contribution in [3.05, 3.63) is 29.8 Å². The van der Waals surface area contributed by atoms with Crippen molar-refractivity contribution in [3.63, 3.8) is 0 Å². The van der Waals surface area contributed by atoms with Gasteiger partial charge in [-0.25, -0.2) is 4.98 Å². The molecule has 1 amide bonds. The summed E-state index contributed by atoms with van der Waals surface area (Å²) in [4.78, 5) is 16.9.